The first kappa shape index (κ1) is 20.4. The van der Waals surface area contributed by atoms with Crippen molar-refractivity contribution in [3.05, 3.63) is 41.0 Å². The van der Waals surface area contributed by atoms with E-state index in [0.29, 0.717) is 12.0 Å². The first-order valence-electron chi connectivity index (χ1n) is 9.59. The van der Waals surface area contributed by atoms with E-state index in [2.05, 4.69) is 20.8 Å². The van der Waals surface area contributed by atoms with E-state index in [9.17, 15) is 9.59 Å². The van der Waals surface area contributed by atoms with Crippen molar-refractivity contribution in [2.45, 2.75) is 60.3 Å². The Morgan fingerprint density at radius 2 is 1.77 bits per heavy atom. The molecule has 0 aromatic heterocycles. The lowest BCUT2D eigenvalue weighted by Crippen LogP contribution is -2.29. The number of carbonyl (C=O) groups is 2. The van der Waals surface area contributed by atoms with Gasteiger partial charge in [0.1, 0.15) is 5.75 Å². The highest BCUT2D eigenvalue weighted by Gasteiger charge is 2.34. The van der Waals surface area contributed by atoms with Crippen LogP contribution in [-0.4, -0.2) is 18.7 Å². The summed E-state index contributed by atoms with van der Waals surface area (Å²) >= 11 is 0. The average Bonchev–Trinajstić information content (AvgIpc) is 2.59. The molecule has 0 heterocycles. The molecule has 3 nitrogen and oxygen atoms in total. The lowest BCUT2D eigenvalue weighted by Gasteiger charge is -2.34. The molecule has 0 aliphatic heterocycles. The molecule has 3 heteroatoms. The summed E-state index contributed by atoms with van der Waals surface area (Å²) in [5.74, 6) is 0.852. The van der Waals surface area contributed by atoms with Crippen LogP contribution in [0.25, 0.3) is 0 Å². The molecule has 1 aromatic carbocycles. The molecule has 0 bridgehead atoms. The predicted octanol–water partition coefficient (Wildman–Crippen LogP) is 5.64. The maximum absolute atomic E-state index is 13.0. The van der Waals surface area contributed by atoms with Gasteiger partial charge >= 0.3 is 0 Å². The third kappa shape index (κ3) is 4.44. The van der Waals surface area contributed by atoms with Crippen LogP contribution in [0.2, 0.25) is 0 Å². The fourth-order valence-electron chi connectivity index (χ4n) is 4.09. The molecule has 142 valence electrons. The molecule has 0 fully saturated rings. The molecule has 1 aliphatic carbocycles. The van der Waals surface area contributed by atoms with E-state index in [1.54, 1.807) is 31.4 Å². The number of ketones is 2. The van der Waals surface area contributed by atoms with Crippen molar-refractivity contribution in [1.29, 1.82) is 0 Å². The Balaban J connectivity index is 2.09. The third-order valence-corrected chi connectivity index (χ3v) is 5.88. The Bertz CT molecular complexity index is 695. The molecule has 1 aliphatic rings. The highest BCUT2D eigenvalue weighted by molar-refractivity contribution is 6.00. The number of hydrogen-bond acceptors (Lipinski definition) is 3. The van der Waals surface area contributed by atoms with Gasteiger partial charge in [0.05, 0.1) is 7.11 Å². The molecular weight excluding hydrogens is 324 g/mol. The molecule has 2 unspecified atom stereocenters. The van der Waals surface area contributed by atoms with Crippen LogP contribution in [0.4, 0.5) is 0 Å². The van der Waals surface area contributed by atoms with Gasteiger partial charge in [-0.15, -0.1) is 0 Å². The Morgan fingerprint density at radius 1 is 1.15 bits per heavy atom. The minimum Gasteiger partial charge on any atom is -0.497 e. The molecule has 0 amide bonds. The van der Waals surface area contributed by atoms with E-state index in [-0.39, 0.29) is 28.8 Å². The first-order chi connectivity index (χ1) is 12.2. The van der Waals surface area contributed by atoms with Gasteiger partial charge in [-0.1, -0.05) is 33.3 Å². The number of rotatable bonds is 7. The predicted molar refractivity (Wildman–Crippen MR) is 106 cm³/mol. The smallest absolute Gasteiger partial charge is 0.165 e. The molecule has 0 saturated carbocycles. The Kier molecular flexibility index (Phi) is 6.44. The topological polar surface area (TPSA) is 43.4 Å². The lowest BCUT2D eigenvalue weighted by molar-refractivity contribution is -0.117. The van der Waals surface area contributed by atoms with Gasteiger partial charge in [-0.05, 0) is 67.4 Å². The van der Waals surface area contributed by atoms with E-state index in [1.807, 2.05) is 13.8 Å². The van der Waals surface area contributed by atoms with Crippen LogP contribution in [0.1, 0.15) is 70.7 Å². The van der Waals surface area contributed by atoms with Gasteiger partial charge in [0.2, 0.25) is 0 Å². The quantitative estimate of drug-likeness (QED) is 0.594. The Hall–Kier alpha value is -1.90. The second-order valence-corrected chi connectivity index (χ2v) is 8.38. The van der Waals surface area contributed by atoms with Crippen LogP contribution < -0.4 is 4.74 Å². The molecule has 0 N–H and O–H groups in total. The van der Waals surface area contributed by atoms with Gasteiger partial charge in [0, 0.05) is 17.9 Å². The van der Waals surface area contributed by atoms with Gasteiger partial charge in [0.25, 0.3) is 0 Å². The Labute approximate surface area is 157 Å². The SMILES string of the molecule is COc1ccc(C(=O)C(C)C(C)CC(=O)C2=C(C)CCCC2(C)C)cc1. The van der Waals surface area contributed by atoms with Gasteiger partial charge in [-0.25, -0.2) is 0 Å². The van der Waals surface area contributed by atoms with Crippen molar-refractivity contribution in [2.24, 2.45) is 17.3 Å². The molecule has 0 saturated heterocycles. The number of carbonyl (C=O) groups excluding carboxylic acids is 2. The fourth-order valence-corrected chi connectivity index (χ4v) is 4.09. The average molecular weight is 357 g/mol. The van der Waals surface area contributed by atoms with E-state index < -0.39 is 0 Å². The van der Waals surface area contributed by atoms with Crippen LogP contribution in [0.3, 0.4) is 0 Å². The van der Waals surface area contributed by atoms with Crippen molar-refractivity contribution in [1.82, 2.24) is 0 Å². The normalized spacial score (nSPS) is 19.0. The lowest BCUT2D eigenvalue weighted by atomic mass is 9.69. The van der Waals surface area contributed by atoms with Crippen LogP contribution in [0.5, 0.6) is 5.75 Å². The fraction of sp³-hybridized carbons (Fsp3) is 0.565. The van der Waals surface area contributed by atoms with Crippen LogP contribution in [0.15, 0.2) is 35.4 Å². The molecule has 26 heavy (non-hydrogen) atoms. The second-order valence-electron chi connectivity index (χ2n) is 8.38. The summed E-state index contributed by atoms with van der Waals surface area (Å²) in [6.45, 7) is 10.4. The summed E-state index contributed by atoms with van der Waals surface area (Å²) in [4.78, 5) is 25.8. The van der Waals surface area contributed by atoms with Gasteiger partial charge in [-0.2, -0.15) is 0 Å². The largest absolute Gasteiger partial charge is 0.497 e. The molecule has 0 spiro atoms. The summed E-state index contributed by atoms with van der Waals surface area (Å²) in [6.07, 6.45) is 3.65. The van der Waals surface area contributed by atoms with Crippen molar-refractivity contribution >= 4 is 11.6 Å². The molecule has 1 aromatic rings. The monoisotopic (exact) mass is 356 g/mol. The van der Waals surface area contributed by atoms with Crippen molar-refractivity contribution < 1.29 is 14.3 Å². The van der Waals surface area contributed by atoms with Crippen LogP contribution >= 0.6 is 0 Å². The van der Waals surface area contributed by atoms with Gasteiger partial charge < -0.3 is 4.74 Å². The zero-order chi connectivity index (χ0) is 19.5. The van der Waals surface area contributed by atoms with Crippen molar-refractivity contribution in [3.63, 3.8) is 0 Å². The van der Waals surface area contributed by atoms with Gasteiger partial charge in [-0.3, -0.25) is 9.59 Å². The van der Waals surface area contributed by atoms with Crippen molar-refractivity contribution in [2.75, 3.05) is 7.11 Å². The third-order valence-electron chi connectivity index (χ3n) is 5.88. The molecule has 0 radical (unpaired) electrons. The minimum atomic E-state index is -0.194. The summed E-state index contributed by atoms with van der Waals surface area (Å²) in [5.41, 5.74) is 2.85. The van der Waals surface area contributed by atoms with E-state index in [4.69, 9.17) is 4.74 Å². The minimum absolute atomic E-state index is 0.00938. The Morgan fingerprint density at radius 3 is 2.31 bits per heavy atom. The highest BCUT2D eigenvalue weighted by Crippen LogP contribution is 2.41. The van der Waals surface area contributed by atoms with Crippen molar-refractivity contribution in [3.8, 4) is 5.75 Å². The number of benzene rings is 1. The summed E-state index contributed by atoms with van der Waals surface area (Å²) in [7, 11) is 1.61. The van der Waals surface area contributed by atoms with E-state index in [0.717, 1.165) is 30.6 Å². The van der Waals surface area contributed by atoms with Crippen LogP contribution in [-0.2, 0) is 4.79 Å². The summed E-state index contributed by atoms with van der Waals surface area (Å²) < 4.78 is 5.15. The second kappa shape index (κ2) is 8.20. The number of allylic oxidation sites excluding steroid dienone is 2. The van der Waals surface area contributed by atoms with E-state index in [1.165, 1.54) is 5.57 Å². The molecular formula is C23H32O3. The first-order valence-corrected chi connectivity index (χ1v) is 9.59. The highest BCUT2D eigenvalue weighted by atomic mass is 16.5. The standard InChI is InChI=1S/C23H32O3/c1-15-8-7-13-23(4,5)21(15)20(24)14-16(2)17(3)22(25)18-9-11-19(26-6)12-10-18/h9-12,16-17H,7-8,13-14H2,1-6H3. The molecule has 2 rings (SSSR count). The number of hydrogen-bond donors (Lipinski definition) is 0. The maximum atomic E-state index is 13.0. The molecule has 2 atom stereocenters. The maximum Gasteiger partial charge on any atom is 0.165 e. The summed E-state index contributed by atoms with van der Waals surface area (Å²) in [5, 5.41) is 0. The summed E-state index contributed by atoms with van der Waals surface area (Å²) in [6, 6.07) is 7.19. The number of Topliss-reactive ketones (excluding diaryl/α,β-unsaturated/α-hetero) is 2. The van der Waals surface area contributed by atoms with E-state index >= 15 is 0 Å². The zero-order valence-corrected chi connectivity index (χ0v) is 17.0. The number of ether oxygens (including phenoxy) is 1. The van der Waals surface area contributed by atoms with Crippen LogP contribution in [0, 0.1) is 17.3 Å². The van der Waals surface area contributed by atoms with Gasteiger partial charge in [0.15, 0.2) is 11.6 Å². The number of methoxy groups -OCH3 is 1. The zero-order valence-electron chi connectivity index (χ0n) is 17.0.